The maximum Gasteiger partial charge on any atom is 0.303 e. The number of carbonyl (C=O) groups is 2. The Balaban J connectivity index is 1.89. The van der Waals surface area contributed by atoms with Gasteiger partial charge in [-0.1, -0.05) is 77.0 Å². The minimum atomic E-state index is -0.690. The van der Waals surface area contributed by atoms with Gasteiger partial charge in [-0.15, -0.1) is 0 Å². The number of carboxylic acid groups (broad SMARTS) is 2. The summed E-state index contributed by atoms with van der Waals surface area (Å²) < 4.78 is 11.6. The summed E-state index contributed by atoms with van der Waals surface area (Å²) in [4.78, 5) is 20.9. The number of carboxylic acids is 2. The van der Waals surface area contributed by atoms with Gasteiger partial charge in [-0.05, 0) is 49.9 Å². The lowest BCUT2D eigenvalue weighted by molar-refractivity contribution is -0.138. The first-order valence-electron chi connectivity index (χ1n) is 13.4. The molecular formula is C28H46O6. The van der Waals surface area contributed by atoms with Crippen molar-refractivity contribution in [2.45, 2.75) is 116 Å². The van der Waals surface area contributed by atoms with Crippen LogP contribution in [0.5, 0.6) is 11.5 Å². The first-order valence-corrected chi connectivity index (χ1v) is 13.4. The summed E-state index contributed by atoms with van der Waals surface area (Å²) in [5.41, 5.74) is 0. The molecule has 6 heteroatoms. The number of hydrogen-bond acceptors (Lipinski definition) is 4. The van der Waals surface area contributed by atoms with Gasteiger partial charge in [-0.25, -0.2) is 0 Å². The highest BCUT2D eigenvalue weighted by Gasteiger charge is 2.00. The van der Waals surface area contributed by atoms with Crippen LogP contribution in [0.1, 0.15) is 116 Å². The van der Waals surface area contributed by atoms with Crippen molar-refractivity contribution in [2.75, 3.05) is 13.2 Å². The SMILES string of the molecule is O=C(O)CCCCCCCCCCOc1ccc(OCCCCCCCCCCC(=O)O)cc1. The van der Waals surface area contributed by atoms with Gasteiger partial charge >= 0.3 is 11.9 Å². The molecule has 0 atom stereocenters. The lowest BCUT2D eigenvalue weighted by Crippen LogP contribution is -1.99. The maximum atomic E-state index is 10.4. The molecule has 0 unspecified atom stereocenters. The van der Waals surface area contributed by atoms with Gasteiger partial charge in [0.15, 0.2) is 0 Å². The van der Waals surface area contributed by atoms with Crippen LogP contribution in [-0.2, 0) is 9.59 Å². The molecule has 0 amide bonds. The molecule has 0 heterocycles. The van der Waals surface area contributed by atoms with Crippen molar-refractivity contribution in [3.05, 3.63) is 24.3 Å². The number of ether oxygens (including phenoxy) is 2. The average Bonchev–Trinajstić information content (AvgIpc) is 2.81. The predicted molar refractivity (Wildman–Crippen MR) is 136 cm³/mol. The molecule has 0 aliphatic carbocycles. The minimum absolute atomic E-state index is 0.297. The Morgan fingerprint density at radius 1 is 0.471 bits per heavy atom. The molecule has 6 nitrogen and oxygen atoms in total. The molecule has 0 aromatic heterocycles. The monoisotopic (exact) mass is 478 g/mol. The molecule has 0 aliphatic rings. The molecule has 0 saturated heterocycles. The molecule has 0 saturated carbocycles. The van der Waals surface area contributed by atoms with E-state index in [0.29, 0.717) is 12.8 Å². The van der Waals surface area contributed by atoms with Crippen molar-refractivity contribution < 1.29 is 29.3 Å². The van der Waals surface area contributed by atoms with E-state index in [1.807, 2.05) is 24.3 Å². The summed E-state index contributed by atoms with van der Waals surface area (Å²) in [5, 5.41) is 17.2. The van der Waals surface area contributed by atoms with Crippen LogP contribution in [0, 0.1) is 0 Å². The van der Waals surface area contributed by atoms with Crippen molar-refractivity contribution in [3.63, 3.8) is 0 Å². The van der Waals surface area contributed by atoms with Crippen LogP contribution in [-0.4, -0.2) is 35.4 Å². The van der Waals surface area contributed by atoms with E-state index in [9.17, 15) is 9.59 Å². The summed E-state index contributed by atoms with van der Waals surface area (Å²) in [5.74, 6) is 0.386. The number of rotatable bonds is 24. The summed E-state index contributed by atoms with van der Waals surface area (Å²) in [7, 11) is 0. The second-order valence-electron chi connectivity index (χ2n) is 9.11. The third-order valence-corrected chi connectivity index (χ3v) is 5.93. The topological polar surface area (TPSA) is 93.1 Å². The van der Waals surface area contributed by atoms with Gasteiger partial charge in [0, 0.05) is 12.8 Å². The fourth-order valence-electron chi connectivity index (χ4n) is 3.89. The molecule has 0 aliphatic heterocycles. The Morgan fingerprint density at radius 3 is 1.03 bits per heavy atom. The molecule has 1 aromatic carbocycles. The second kappa shape index (κ2) is 21.3. The summed E-state index contributed by atoms with van der Waals surface area (Å²) in [6, 6.07) is 7.88. The van der Waals surface area contributed by atoms with E-state index in [1.165, 1.54) is 51.4 Å². The number of benzene rings is 1. The lowest BCUT2D eigenvalue weighted by Gasteiger charge is -2.09. The predicted octanol–water partition coefficient (Wildman–Crippen LogP) is 7.64. The lowest BCUT2D eigenvalue weighted by atomic mass is 10.1. The van der Waals surface area contributed by atoms with Crippen molar-refractivity contribution >= 4 is 11.9 Å². The fraction of sp³-hybridized carbons (Fsp3) is 0.714. The van der Waals surface area contributed by atoms with Crippen LogP contribution < -0.4 is 9.47 Å². The van der Waals surface area contributed by atoms with Crippen LogP contribution in [0.25, 0.3) is 0 Å². The molecule has 1 aromatic rings. The third kappa shape index (κ3) is 19.2. The molecule has 194 valence electrons. The highest BCUT2D eigenvalue weighted by molar-refractivity contribution is 5.66. The van der Waals surface area contributed by atoms with E-state index in [1.54, 1.807) is 0 Å². The van der Waals surface area contributed by atoms with Crippen molar-refractivity contribution in [1.82, 2.24) is 0 Å². The Kier molecular flexibility index (Phi) is 18.7. The zero-order valence-electron chi connectivity index (χ0n) is 21.0. The fourth-order valence-corrected chi connectivity index (χ4v) is 3.89. The van der Waals surface area contributed by atoms with E-state index in [4.69, 9.17) is 19.7 Å². The van der Waals surface area contributed by atoms with E-state index < -0.39 is 11.9 Å². The molecule has 1 rings (SSSR count). The summed E-state index contributed by atoms with van der Waals surface area (Å²) in [6.45, 7) is 1.47. The van der Waals surface area contributed by atoms with Gasteiger partial charge in [-0.3, -0.25) is 9.59 Å². The molecule has 34 heavy (non-hydrogen) atoms. The number of hydrogen-bond donors (Lipinski definition) is 2. The zero-order valence-corrected chi connectivity index (χ0v) is 21.0. The van der Waals surface area contributed by atoms with Gasteiger partial charge in [0.2, 0.25) is 0 Å². The zero-order chi connectivity index (χ0) is 24.7. The highest BCUT2D eigenvalue weighted by atomic mass is 16.5. The first kappa shape index (κ1) is 29.8. The van der Waals surface area contributed by atoms with Crippen LogP contribution in [0.2, 0.25) is 0 Å². The van der Waals surface area contributed by atoms with Crippen LogP contribution >= 0.6 is 0 Å². The standard InChI is InChI=1S/C28H46O6/c29-27(30)17-13-9-5-1-3-7-11-15-23-33-25-19-21-26(22-20-25)34-24-16-12-8-4-2-6-10-14-18-28(31)32/h19-22H,1-18,23-24H2,(H,29,30)(H,31,32). The average molecular weight is 479 g/mol. The van der Waals surface area contributed by atoms with Gasteiger partial charge in [0.25, 0.3) is 0 Å². The van der Waals surface area contributed by atoms with Gasteiger partial charge in [-0.2, -0.15) is 0 Å². The molecule has 0 bridgehead atoms. The largest absolute Gasteiger partial charge is 0.494 e. The Bertz CT molecular complexity index is 573. The minimum Gasteiger partial charge on any atom is -0.494 e. The smallest absolute Gasteiger partial charge is 0.303 e. The molecule has 0 fully saturated rings. The van der Waals surface area contributed by atoms with E-state index in [2.05, 4.69) is 0 Å². The van der Waals surface area contributed by atoms with E-state index in [0.717, 1.165) is 76.1 Å². The van der Waals surface area contributed by atoms with Crippen LogP contribution in [0.4, 0.5) is 0 Å². The Morgan fingerprint density at radius 2 is 0.735 bits per heavy atom. The maximum absolute atomic E-state index is 10.4. The highest BCUT2D eigenvalue weighted by Crippen LogP contribution is 2.19. The third-order valence-electron chi connectivity index (χ3n) is 5.93. The van der Waals surface area contributed by atoms with E-state index in [-0.39, 0.29) is 0 Å². The summed E-state index contributed by atoms with van der Waals surface area (Å²) >= 11 is 0. The number of aliphatic carboxylic acids is 2. The van der Waals surface area contributed by atoms with Gasteiger partial charge in [0.05, 0.1) is 13.2 Å². The quantitative estimate of drug-likeness (QED) is 0.148. The molecule has 0 radical (unpaired) electrons. The van der Waals surface area contributed by atoms with E-state index >= 15 is 0 Å². The molecule has 0 spiro atoms. The molecular weight excluding hydrogens is 432 g/mol. The van der Waals surface area contributed by atoms with Crippen LogP contribution in [0.3, 0.4) is 0 Å². The second-order valence-corrected chi connectivity index (χ2v) is 9.11. The summed E-state index contributed by atoms with van der Waals surface area (Å²) in [6.07, 6.45) is 18.2. The Labute approximate surface area is 206 Å². The van der Waals surface area contributed by atoms with Crippen LogP contribution in [0.15, 0.2) is 24.3 Å². The Hall–Kier alpha value is -2.24. The van der Waals surface area contributed by atoms with Gasteiger partial charge < -0.3 is 19.7 Å². The number of unbranched alkanes of at least 4 members (excludes halogenated alkanes) is 14. The van der Waals surface area contributed by atoms with Crippen molar-refractivity contribution in [1.29, 1.82) is 0 Å². The van der Waals surface area contributed by atoms with Crippen molar-refractivity contribution in [2.24, 2.45) is 0 Å². The first-order chi connectivity index (χ1) is 16.6. The normalized spacial score (nSPS) is 10.8. The van der Waals surface area contributed by atoms with Crippen molar-refractivity contribution in [3.8, 4) is 11.5 Å². The van der Waals surface area contributed by atoms with Gasteiger partial charge in [0.1, 0.15) is 11.5 Å². The molecule has 2 N–H and O–H groups in total.